The van der Waals surface area contributed by atoms with Crippen LogP contribution in [0.4, 0.5) is 0 Å². The highest BCUT2D eigenvalue weighted by Crippen LogP contribution is 2.43. The molecule has 0 aromatic rings. The average molecular weight is 272 g/mol. The number of carboxylic acid groups (broad SMARTS) is 1. The zero-order valence-corrected chi connectivity index (χ0v) is 13.1. The van der Waals surface area contributed by atoms with Crippen molar-refractivity contribution < 1.29 is 19.4 Å². The molecule has 0 aromatic carbocycles. The maximum Gasteiger partial charge on any atom is 0.324 e. The van der Waals surface area contributed by atoms with E-state index in [0.29, 0.717) is 6.42 Å². The number of aliphatic carboxylic acids is 1. The van der Waals surface area contributed by atoms with Gasteiger partial charge in [-0.3, -0.25) is 9.59 Å². The molecule has 0 amide bonds. The number of hydrogen-bond donors (Lipinski definition) is 1. The van der Waals surface area contributed by atoms with Crippen LogP contribution >= 0.6 is 0 Å². The Morgan fingerprint density at radius 2 is 1.68 bits per heavy atom. The Labute approximate surface area is 116 Å². The van der Waals surface area contributed by atoms with Gasteiger partial charge in [-0.1, -0.05) is 48.0 Å². The number of carbonyl (C=O) groups is 2. The number of hydrogen-bond acceptors (Lipinski definition) is 3. The van der Waals surface area contributed by atoms with Gasteiger partial charge in [-0.2, -0.15) is 0 Å². The Morgan fingerprint density at radius 3 is 1.95 bits per heavy atom. The van der Waals surface area contributed by atoms with E-state index < -0.39 is 22.8 Å². The van der Waals surface area contributed by atoms with Crippen LogP contribution in [0.2, 0.25) is 0 Å². The predicted octanol–water partition coefficient (Wildman–Crippen LogP) is 3.64. The smallest absolute Gasteiger partial charge is 0.324 e. The monoisotopic (exact) mass is 272 g/mol. The van der Waals surface area contributed by atoms with Crippen molar-refractivity contribution in [3.8, 4) is 0 Å². The van der Waals surface area contributed by atoms with Gasteiger partial charge in [-0.05, 0) is 24.7 Å². The molecule has 0 aliphatic carbocycles. The van der Waals surface area contributed by atoms with E-state index >= 15 is 0 Å². The Kier molecular flexibility index (Phi) is 6.53. The molecule has 0 saturated heterocycles. The number of ether oxygens (including phenoxy) is 1. The van der Waals surface area contributed by atoms with E-state index in [2.05, 4.69) is 0 Å². The van der Waals surface area contributed by atoms with Crippen molar-refractivity contribution in [3.05, 3.63) is 0 Å². The molecule has 0 rings (SSSR count). The normalized spacial score (nSPS) is 16.5. The predicted molar refractivity (Wildman–Crippen MR) is 74.9 cm³/mol. The van der Waals surface area contributed by atoms with Crippen LogP contribution in [-0.2, 0) is 14.3 Å². The lowest BCUT2D eigenvalue weighted by Gasteiger charge is -2.38. The molecule has 0 saturated carbocycles. The van der Waals surface area contributed by atoms with Gasteiger partial charge in [0, 0.05) is 0 Å². The topological polar surface area (TPSA) is 63.6 Å². The SMILES string of the molecule is CCCC(CC)OC(=O)C(CC)(C(=O)O)C(C)(C)C. The summed E-state index contributed by atoms with van der Waals surface area (Å²) in [6.07, 6.45) is 2.43. The van der Waals surface area contributed by atoms with Gasteiger partial charge < -0.3 is 9.84 Å². The Balaban J connectivity index is 5.30. The summed E-state index contributed by atoms with van der Waals surface area (Å²) in [6, 6.07) is 0. The molecule has 0 heterocycles. The van der Waals surface area contributed by atoms with E-state index in [1.165, 1.54) is 0 Å². The second-order valence-electron chi connectivity index (χ2n) is 6.04. The van der Waals surface area contributed by atoms with E-state index in [-0.39, 0.29) is 12.5 Å². The fourth-order valence-electron chi connectivity index (χ4n) is 2.46. The van der Waals surface area contributed by atoms with Crippen molar-refractivity contribution in [3.63, 3.8) is 0 Å². The number of rotatable bonds is 7. The molecule has 112 valence electrons. The fraction of sp³-hybridized carbons (Fsp3) is 0.867. The van der Waals surface area contributed by atoms with E-state index in [1.807, 2.05) is 13.8 Å². The van der Waals surface area contributed by atoms with Gasteiger partial charge in [0.25, 0.3) is 0 Å². The lowest BCUT2D eigenvalue weighted by molar-refractivity contribution is -0.182. The highest BCUT2D eigenvalue weighted by molar-refractivity contribution is 6.00. The second kappa shape index (κ2) is 6.92. The summed E-state index contributed by atoms with van der Waals surface area (Å²) in [4.78, 5) is 24.1. The standard InChI is InChI=1S/C15H28O4/c1-7-10-11(8-2)19-13(18)15(9-3,12(16)17)14(4,5)6/h11H,7-10H2,1-6H3,(H,16,17). The van der Waals surface area contributed by atoms with Gasteiger partial charge in [0.1, 0.15) is 6.10 Å². The first kappa shape index (κ1) is 17.9. The van der Waals surface area contributed by atoms with E-state index in [0.717, 1.165) is 12.8 Å². The summed E-state index contributed by atoms with van der Waals surface area (Å²) in [6.45, 7) is 11.0. The fourth-order valence-corrected chi connectivity index (χ4v) is 2.46. The lowest BCUT2D eigenvalue weighted by atomic mass is 9.65. The first-order valence-electron chi connectivity index (χ1n) is 7.11. The zero-order valence-electron chi connectivity index (χ0n) is 13.1. The highest BCUT2D eigenvalue weighted by atomic mass is 16.5. The van der Waals surface area contributed by atoms with E-state index in [1.54, 1.807) is 27.7 Å². The summed E-state index contributed by atoms with van der Waals surface area (Å²) >= 11 is 0. The summed E-state index contributed by atoms with van der Waals surface area (Å²) < 4.78 is 5.46. The van der Waals surface area contributed by atoms with Gasteiger partial charge in [0.05, 0.1) is 0 Å². The van der Waals surface area contributed by atoms with Crippen LogP contribution in [0.5, 0.6) is 0 Å². The van der Waals surface area contributed by atoms with Crippen molar-refractivity contribution >= 4 is 11.9 Å². The largest absolute Gasteiger partial charge is 0.480 e. The van der Waals surface area contributed by atoms with Gasteiger partial charge in [0.2, 0.25) is 0 Å². The molecule has 0 spiro atoms. The van der Waals surface area contributed by atoms with Crippen LogP contribution < -0.4 is 0 Å². The summed E-state index contributed by atoms with van der Waals surface area (Å²) in [5.41, 5.74) is -2.16. The van der Waals surface area contributed by atoms with Crippen molar-refractivity contribution in [2.45, 2.75) is 73.3 Å². The molecule has 0 radical (unpaired) electrons. The van der Waals surface area contributed by atoms with Gasteiger partial charge in [0.15, 0.2) is 5.41 Å². The molecule has 2 unspecified atom stereocenters. The minimum atomic E-state index is -1.48. The molecule has 0 aliphatic rings. The van der Waals surface area contributed by atoms with Crippen LogP contribution in [-0.4, -0.2) is 23.1 Å². The molecular formula is C15H28O4. The van der Waals surface area contributed by atoms with Gasteiger partial charge >= 0.3 is 11.9 Å². The molecule has 19 heavy (non-hydrogen) atoms. The molecule has 4 heteroatoms. The molecule has 0 aliphatic heterocycles. The highest BCUT2D eigenvalue weighted by Gasteiger charge is 2.55. The van der Waals surface area contributed by atoms with Crippen LogP contribution in [0.1, 0.15) is 67.2 Å². The second-order valence-corrected chi connectivity index (χ2v) is 6.04. The number of carboxylic acids is 1. The average Bonchev–Trinajstić information content (AvgIpc) is 2.27. The number of esters is 1. The third kappa shape index (κ3) is 3.71. The Morgan fingerprint density at radius 1 is 1.16 bits per heavy atom. The van der Waals surface area contributed by atoms with Crippen LogP contribution in [0.3, 0.4) is 0 Å². The molecular weight excluding hydrogens is 244 g/mol. The maximum absolute atomic E-state index is 12.4. The van der Waals surface area contributed by atoms with Crippen LogP contribution in [0.15, 0.2) is 0 Å². The Bertz CT molecular complexity index is 317. The summed E-state index contributed by atoms with van der Waals surface area (Å²) in [5, 5.41) is 9.54. The lowest BCUT2D eigenvalue weighted by Crippen LogP contribution is -2.50. The van der Waals surface area contributed by atoms with Gasteiger partial charge in [-0.15, -0.1) is 0 Å². The van der Waals surface area contributed by atoms with E-state index in [9.17, 15) is 14.7 Å². The number of carbonyl (C=O) groups excluding carboxylic acids is 1. The third-order valence-corrected chi connectivity index (χ3v) is 3.86. The maximum atomic E-state index is 12.4. The van der Waals surface area contributed by atoms with Crippen LogP contribution in [0, 0.1) is 10.8 Å². The molecule has 1 N–H and O–H groups in total. The van der Waals surface area contributed by atoms with Crippen LogP contribution in [0.25, 0.3) is 0 Å². The third-order valence-electron chi connectivity index (χ3n) is 3.86. The van der Waals surface area contributed by atoms with Crippen molar-refractivity contribution in [1.82, 2.24) is 0 Å². The van der Waals surface area contributed by atoms with Crippen molar-refractivity contribution in [2.75, 3.05) is 0 Å². The Hall–Kier alpha value is -1.06. The molecule has 0 bridgehead atoms. The molecule has 2 atom stereocenters. The summed E-state index contributed by atoms with van der Waals surface area (Å²) in [7, 11) is 0. The van der Waals surface area contributed by atoms with Crippen molar-refractivity contribution in [1.29, 1.82) is 0 Å². The first-order valence-corrected chi connectivity index (χ1v) is 7.11. The molecule has 0 fully saturated rings. The first-order chi connectivity index (χ1) is 8.67. The van der Waals surface area contributed by atoms with E-state index in [4.69, 9.17) is 4.74 Å². The summed E-state index contributed by atoms with van der Waals surface area (Å²) in [5.74, 6) is -1.70. The minimum absolute atomic E-state index is 0.190. The molecule has 4 nitrogen and oxygen atoms in total. The quantitative estimate of drug-likeness (QED) is 0.567. The zero-order chi connectivity index (χ0) is 15.3. The molecule has 0 aromatic heterocycles. The van der Waals surface area contributed by atoms with Crippen molar-refractivity contribution in [2.24, 2.45) is 10.8 Å². The van der Waals surface area contributed by atoms with Gasteiger partial charge in [-0.25, -0.2) is 0 Å². The minimum Gasteiger partial charge on any atom is -0.480 e.